The Bertz CT molecular complexity index is 367. The number of urea groups is 1. The normalized spacial score (nSPS) is 23.5. The molecular weight excluding hydrogens is 216 g/mol. The second-order valence-corrected chi connectivity index (χ2v) is 4.38. The molecule has 2 rings (SSSR count). The molecule has 17 heavy (non-hydrogen) atoms. The summed E-state index contributed by atoms with van der Waals surface area (Å²) in [5.41, 5.74) is 6.29. The van der Waals surface area contributed by atoms with Crippen molar-refractivity contribution in [2.45, 2.75) is 38.0 Å². The minimum absolute atomic E-state index is 0.0659. The third kappa shape index (κ3) is 3.46. The molecule has 0 aliphatic heterocycles. The molecule has 92 valence electrons. The van der Waals surface area contributed by atoms with Crippen molar-refractivity contribution in [2.75, 3.05) is 0 Å². The van der Waals surface area contributed by atoms with Crippen molar-refractivity contribution >= 4 is 6.03 Å². The van der Waals surface area contributed by atoms with Crippen LogP contribution >= 0.6 is 0 Å². The van der Waals surface area contributed by atoms with E-state index in [-0.39, 0.29) is 12.1 Å². The number of hydrogen-bond acceptors (Lipinski definition) is 2. The van der Waals surface area contributed by atoms with Crippen molar-refractivity contribution in [1.29, 1.82) is 0 Å². The highest BCUT2D eigenvalue weighted by molar-refractivity contribution is 5.72. The Hall–Kier alpha value is -1.55. The van der Waals surface area contributed by atoms with Gasteiger partial charge in [-0.2, -0.15) is 0 Å². The van der Waals surface area contributed by atoms with Gasteiger partial charge < -0.3 is 15.8 Å². The van der Waals surface area contributed by atoms with E-state index in [0.29, 0.717) is 6.61 Å². The van der Waals surface area contributed by atoms with E-state index in [1.54, 1.807) is 0 Å². The number of carbonyl (C=O) groups excluding carboxylic acids is 1. The molecule has 1 aromatic rings. The van der Waals surface area contributed by atoms with Gasteiger partial charge in [-0.05, 0) is 24.8 Å². The first-order valence-corrected chi connectivity index (χ1v) is 5.97. The van der Waals surface area contributed by atoms with Gasteiger partial charge in [0.2, 0.25) is 0 Å². The number of benzene rings is 1. The summed E-state index contributed by atoms with van der Waals surface area (Å²) < 4.78 is 5.83. The largest absolute Gasteiger partial charge is 0.371 e. The highest BCUT2D eigenvalue weighted by Gasteiger charge is 2.28. The van der Waals surface area contributed by atoms with E-state index >= 15 is 0 Å². The number of nitrogens with one attached hydrogen (secondary N) is 1. The Morgan fingerprint density at radius 1 is 1.35 bits per heavy atom. The lowest BCUT2D eigenvalue weighted by Crippen LogP contribution is -2.43. The molecule has 1 aliphatic carbocycles. The Labute approximate surface area is 101 Å². The number of nitrogens with two attached hydrogens (primary N) is 1. The molecule has 1 fully saturated rings. The summed E-state index contributed by atoms with van der Waals surface area (Å²) in [6, 6.07) is 9.63. The number of rotatable bonds is 4. The van der Waals surface area contributed by atoms with E-state index in [1.807, 2.05) is 30.3 Å². The van der Waals surface area contributed by atoms with Gasteiger partial charge in [-0.15, -0.1) is 0 Å². The Kier molecular flexibility index (Phi) is 3.98. The van der Waals surface area contributed by atoms with E-state index in [9.17, 15) is 4.79 Å². The molecule has 0 heterocycles. The number of carbonyl (C=O) groups is 1. The van der Waals surface area contributed by atoms with Crippen molar-refractivity contribution in [3.63, 3.8) is 0 Å². The SMILES string of the molecule is NC(=O)N[C@@H]1CCC[C@H]1OCc1ccccc1. The molecule has 3 N–H and O–H groups in total. The number of hydrogen-bond donors (Lipinski definition) is 2. The maximum absolute atomic E-state index is 10.8. The first-order valence-electron chi connectivity index (χ1n) is 5.97. The zero-order valence-electron chi connectivity index (χ0n) is 9.76. The lowest BCUT2D eigenvalue weighted by atomic mass is 10.2. The second kappa shape index (κ2) is 5.68. The van der Waals surface area contributed by atoms with Crippen molar-refractivity contribution in [3.05, 3.63) is 35.9 Å². The van der Waals surface area contributed by atoms with Crippen molar-refractivity contribution < 1.29 is 9.53 Å². The minimum Gasteiger partial charge on any atom is -0.371 e. The molecule has 0 aromatic heterocycles. The van der Waals surface area contributed by atoms with Crippen LogP contribution < -0.4 is 11.1 Å². The maximum Gasteiger partial charge on any atom is 0.312 e. The molecule has 1 aliphatic rings. The van der Waals surface area contributed by atoms with Crippen LogP contribution in [-0.2, 0) is 11.3 Å². The molecule has 4 heteroatoms. The zero-order valence-corrected chi connectivity index (χ0v) is 9.76. The topological polar surface area (TPSA) is 64.4 Å². The molecule has 0 radical (unpaired) electrons. The van der Waals surface area contributed by atoms with Crippen LogP contribution in [0.2, 0.25) is 0 Å². The highest BCUT2D eigenvalue weighted by Crippen LogP contribution is 2.23. The van der Waals surface area contributed by atoms with Crippen LogP contribution in [0, 0.1) is 0 Å². The van der Waals surface area contributed by atoms with Crippen LogP contribution in [0.1, 0.15) is 24.8 Å². The van der Waals surface area contributed by atoms with Gasteiger partial charge in [-0.25, -0.2) is 4.79 Å². The average molecular weight is 234 g/mol. The zero-order chi connectivity index (χ0) is 12.1. The van der Waals surface area contributed by atoms with E-state index in [0.717, 1.165) is 24.8 Å². The molecule has 2 amide bonds. The Morgan fingerprint density at radius 2 is 2.12 bits per heavy atom. The van der Waals surface area contributed by atoms with Crippen LogP contribution in [-0.4, -0.2) is 18.2 Å². The molecule has 4 nitrogen and oxygen atoms in total. The molecule has 2 atom stereocenters. The summed E-state index contributed by atoms with van der Waals surface area (Å²) >= 11 is 0. The average Bonchev–Trinajstić information content (AvgIpc) is 2.74. The lowest BCUT2D eigenvalue weighted by Gasteiger charge is -2.20. The Morgan fingerprint density at radius 3 is 2.82 bits per heavy atom. The van der Waals surface area contributed by atoms with Gasteiger partial charge in [0, 0.05) is 0 Å². The summed E-state index contributed by atoms with van der Waals surface area (Å²) in [4.78, 5) is 10.8. The predicted molar refractivity (Wildman–Crippen MR) is 65.4 cm³/mol. The third-order valence-corrected chi connectivity index (χ3v) is 3.09. The summed E-state index contributed by atoms with van der Waals surface area (Å²) in [7, 11) is 0. The van der Waals surface area contributed by atoms with Gasteiger partial charge >= 0.3 is 6.03 Å². The summed E-state index contributed by atoms with van der Waals surface area (Å²) in [6.45, 7) is 0.586. The lowest BCUT2D eigenvalue weighted by molar-refractivity contribution is 0.0303. The number of ether oxygens (including phenoxy) is 1. The van der Waals surface area contributed by atoms with Gasteiger partial charge in [-0.3, -0.25) is 0 Å². The highest BCUT2D eigenvalue weighted by atomic mass is 16.5. The fourth-order valence-electron chi connectivity index (χ4n) is 2.25. The number of primary amides is 1. The molecule has 1 aromatic carbocycles. The van der Waals surface area contributed by atoms with Gasteiger partial charge in [0.05, 0.1) is 18.8 Å². The summed E-state index contributed by atoms with van der Waals surface area (Å²) in [6.07, 6.45) is 3.09. The van der Waals surface area contributed by atoms with E-state index in [4.69, 9.17) is 10.5 Å². The maximum atomic E-state index is 10.8. The molecule has 0 saturated heterocycles. The van der Waals surface area contributed by atoms with Crippen molar-refractivity contribution in [3.8, 4) is 0 Å². The van der Waals surface area contributed by atoms with Crippen LogP contribution in [0.5, 0.6) is 0 Å². The van der Waals surface area contributed by atoms with Crippen molar-refractivity contribution in [1.82, 2.24) is 5.32 Å². The van der Waals surface area contributed by atoms with Gasteiger partial charge in [0.15, 0.2) is 0 Å². The van der Waals surface area contributed by atoms with Gasteiger partial charge in [0.25, 0.3) is 0 Å². The van der Waals surface area contributed by atoms with E-state index in [1.165, 1.54) is 0 Å². The van der Waals surface area contributed by atoms with Crippen LogP contribution in [0.25, 0.3) is 0 Å². The fraction of sp³-hybridized carbons (Fsp3) is 0.462. The molecular formula is C13H18N2O2. The van der Waals surface area contributed by atoms with Crippen LogP contribution in [0.3, 0.4) is 0 Å². The van der Waals surface area contributed by atoms with Gasteiger partial charge in [-0.1, -0.05) is 30.3 Å². The third-order valence-electron chi connectivity index (χ3n) is 3.09. The summed E-state index contributed by atoms with van der Waals surface area (Å²) in [5, 5.41) is 2.74. The molecule has 1 saturated carbocycles. The quantitative estimate of drug-likeness (QED) is 0.834. The molecule has 0 spiro atoms. The molecule has 0 unspecified atom stereocenters. The van der Waals surface area contributed by atoms with Crippen molar-refractivity contribution in [2.24, 2.45) is 5.73 Å². The number of amides is 2. The minimum atomic E-state index is -0.467. The van der Waals surface area contributed by atoms with Crippen LogP contribution in [0.4, 0.5) is 4.79 Å². The second-order valence-electron chi connectivity index (χ2n) is 4.38. The standard InChI is InChI=1S/C13H18N2O2/c14-13(16)15-11-7-4-8-12(11)17-9-10-5-2-1-3-6-10/h1-3,5-6,11-12H,4,7-9H2,(H3,14,15,16)/t11-,12-/m1/s1. The smallest absolute Gasteiger partial charge is 0.312 e. The monoisotopic (exact) mass is 234 g/mol. The van der Waals surface area contributed by atoms with E-state index in [2.05, 4.69) is 5.32 Å². The first-order chi connectivity index (χ1) is 8.25. The summed E-state index contributed by atoms with van der Waals surface area (Å²) in [5.74, 6) is 0. The predicted octanol–water partition coefficient (Wildman–Crippen LogP) is 1.79. The van der Waals surface area contributed by atoms with Gasteiger partial charge in [0.1, 0.15) is 0 Å². The molecule has 0 bridgehead atoms. The first kappa shape index (κ1) is 11.9. The fourth-order valence-corrected chi connectivity index (χ4v) is 2.25. The van der Waals surface area contributed by atoms with Crippen LogP contribution in [0.15, 0.2) is 30.3 Å². The van der Waals surface area contributed by atoms with E-state index < -0.39 is 6.03 Å². The Balaban J connectivity index is 1.84.